The summed E-state index contributed by atoms with van der Waals surface area (Å²) in [5, 5.41) is 17.6. The number of methoxy groups -OCH3 is 1. The molecule has 1 aliphatic carbocycles. The summed E-state index contributed by atoms with van der Waals surface area (Å²) in [6.07, 6.45) is 1.83. The smallest absolute Gasteiger partial charge is 0.413 e. The zero-order valence-corrected chi connectivity index (χ0v) is 22.4. The number of carbonyl (C=O) groups is 2. The third-order valence-electron chi connectivity index (χ3n) is 6.53. The Balaban J connectivity index is 1.35. The molecule has 190 valence electrons. The first-order chi connectivity index (χ1) is 17.7. The summed E-state index contributed by atoms with van der Waals surface area (Å²) in [7, 11) is 3.29. The van der Waals surface area contributed by atoms with Crippen LogP contribution >= 0.6 is 22.7 Å². The van der Waals surface area contributed by atoms with Gasteiger partial charge in [0, 0.05) is 12.4 Å². The molecule has 1 saturated carbocycles. The molecule has 1 aliphatic rings. The minimum absolute atomic E-state index is 0.418. The molecule has 3 aromatic heterocycles. The van der Waals surface area contributed by atoms with Crippen molar-refractivity contribution in [2.45, 2.75) is 38.2 Å². The number of aliphatic carboxylic acids is 1. The zero-order valence-electron chi connectivity index (χ0n) is 20.7. The van der Waals surface area contributed by atoms with Gasteiger partial charge in [0.15, 0.2) is 0 Å². The zero-order chi connectivity index (χ0) is 26.3. The van der Waals surface area contributed by atoms with Crippen LogP contribution in [0.4, 0.5) is 10.6 Å². The summed E-state index contributed by atoms with van der Waals surface area (Å²) < 4.78 is 13.7. The number of hydrogen-bond acceptors (Lipinski definition) is 7. The average molecular weight is 536 g/mol. The van der Waals surface area contributed by atoms with Crippen molar-refractivity contribution in [3.05, 3.63) is 63.0 Å². The normalized spacial score (nSPS) is 14.5. The Morgan fingerprint density at radius 2 is 2.00 bits per heavy atom. The second kappa shape index (κ2) is 9.57. The van der Waals surface area contributed by atoms with Gasteiger partial charge in [-0.25, -0.2) is 4.79 Å². The van der Waals surface area contributed by atoms with E-state index in [1.165, 1.54) is 27.4 Å². The van der Waals surface area contributed by atoms with E-state index >= 15 is 0 Å². The van der Waals surface area contributed by atoms with E-state index in [1.54, 1.807) is 20.4 Å². The third kappa shape index (κ3) is 4.56. The number of anilines is 1. The highest BCUT2D eigenvalue weighted by atomic mass is 32.2. The number of amides is 1. The molecule has 0 bridgehead atoms. The number of fused-ring (bicyclic) bond motifs is 1. The van der Waals surface area contributed by atoms with Crippen molar-refractivity contribution < 1.29 is 24.2 Å². The van der Waals surface area contributed by atoms with Crippen molar-refractivity contribution in [1.82, 2.24) is 9.78 Å². The van der Waals surface area contributed by atoms with E-state index in [2.05, 4.69) is 22.3 Å². The molecule has 1 atom stereocenters. The molecule has 10 heteroatoms. The topological polar surface area (TPSA) is 103 Å². The summed E-state index contributed by atoms with van der Waals surface area (Å²) >= 11 is 2.95. The predicted molar refractivity (Wildman–Crippen MR) is 144 cm³/mol. The molecule has 2 N–H and O–H groups in total. The highest BCUT2D eigenvalue weighted by Crippen LogP contribution is 2.57. The van der Waals surface area contributed by atoms with Gasteiger partial charge in [-0.1, -0.05) is 36.1 Å². The van der Waals surface area contributed by atoms with Crippen molar-refractivity contribution in [1.29, 1.82) is 0 Å². The Bertz CT molecular complexity index is 1580. The first kappa shape index (κ1) is 24.9. The number of carboxylic acids is 1. The maximum Gasteiger partial charge on any atom is 0.413 e. The van der Waals surface area contributed by atoms with Crippen LogP contribution in [0.2, 0.25) is 0 Å². The molecule has 8 nitrogen and oxygen atoms in total. The number of carbonyl (C=O) groups excluding carboxylic acids is 1. The van der Waals surface area contributed by atoms with Crippen molar-refractivity contribution in [2.75, 3.05) is 12.4 Å². The average Bonchev–Trinajstić information content (AvgIpc) is 3.33. The van der Waals surface area contributed by atoms with Crippen LogP contribution in [0.1, 0.15) is 52.3 Å². The highest BCUT2D eigenvalue weighted by molar-refractivity contribution is 7.39. The highest BCUT2D eigenvalue weighted by Gasteiger charge is 2.55. The minimum atomic E-state index is -0.817. The first-order valence-corrected chi connectivity index (χ1v) is 13.3. The number of nitrogens with zero attached hydrogens (tertiary/aromatic N) is 2. The molecule has 3 heterocycles. The summed E-state index contributed by atoms with van der Waals surface area (Å²) in [4.78, 5) is 26.0. The lowest BCUT2D eigenvalue weighted by Crippen LogP contribution is -2.18. The maximum absolute atomic E-state index is 12.6. The van der Waals surface area contributed by atoms with Crippen LogP contribution in [0.5, 0.6) is 5.75 Å². The van der Waals surface area contributed by atoms with Crippen LogP contribution in [-0.4, -0.2) is 34.1 Å². The van der Waals surface area contributed by atoms with Gasteiger partial charge >= 0.3 is 12.1 Å². The molecule has 0 radical (unpaired) electrons. The van der Waals surface area contributed by atoms with E-state index in [-0.39, 0.29) is 0 Å². The van der Waals surface area contributed by atoms with Crippen LogP contribution in [0.3, 0.4) is 0 Å². The number of benzene rings is 1. The second-order valence-corrected chi connectivity index (χ2v) is 11.3. The molecular weight excluding hydrogens is 510 g/mol. The van der Waals surface area contributed by atoms with E-state index in [4.69, 9.17) is 9.47 Å². The van der Waals surface area contributed by atoms with Crippen molar-refractivity contribution in [2.24, 2.45) is 7.05 Å². The molecule has 1 unspecified atom stereocenters. The van der Waals surface area contributed by atoms with Gasteiger partial charge in [0.1, 0.15) is 23.1 Å². The number of thiophene rings is 2. The van der Waals surface area contributed by atoms with Gasteiger partial charge in [-0.15, -0.1) is 22.7 Å². The Morgan fingerprint density at radius 1 is 1.24 bits per heavy atom. The maximum atomic E-state index is 12.6. The fourth-order valence-electron chi connectivity index (χ4n) is 4.31. The standard InChI is InChI=1S/C27H25N3O5S2/c1-15-7-5-6-8-19(15)16(2)35-26(33)29-23-17(14-28-30(23)3)9-10-18-13-20-21(34-4)22(37-24(20)36-18)27(11-12-27)25(31)32/h5-8,13-14,16H,11-12H2,1-4H3,(H,29,33)(H,31,32). The van der Waals surface area contributed by atoms with E-state index in [9.17, 15) is 14.7 Å². The number of rotatable bonds is 6. The van der Waals surface area contributed by atoms with E-state index in [0.717, 1.165) is 30.3 Å². The van der Waals surface area contributed by atoms with Crippen molar-refractivity contribution >= 4 is 50.0 Å². The van der Waals surface area contributed by atoms with Gasteiger partial charge in [0.2, 0.25) is 0 Å². The number of nitrogens with one attached hydrogen (secondary N) is 1. The number of carboxylic acid groups (broad SMARTS) is 1. The first-order valence-electron chi connectivity index (χ1n) is 11.6. The lowest BCUT2D eigenvalue weighted by molar-refractivity contribution is -0.139. The molecular formula is C27H25N3O5S2. The summed E-state index contributed by atoms with van der Waals surface area (Å²) in [6.45, 7) is 3.80. The number of hydrogen-bond donors (Lipinski definition) is 2. The minimum Gasteiger partial charge on any atom is -0.495 e. The molecule has 5 rings (SSSR count). The Kier molecular flexibility index (Phi) is 6.43. The van der Waals surface area contributed by atoms with E-state index in [0.29, 0.717) is 30.0 Å². The molecule has 1 fully saturated rings. The molecule has 37 heavy (non-hydrogen) atoms. The van der Waals surface area contributed by atoms with Crippen LogP contribution in [0, 0.1) is 18.8 Å². The van der Waals surface area contributed by atoms with Gasteiger partial charge in [0.05, 0.1) is 32.6 Å². The largest absolute Gasteiger partial charge is 0.495 e. The van der Waals surface area contributed by atoms with Crippen molar-refractivity contribution in [3.8, 4) is 17.6 Å². The van der Waals surface area contributed by atoms with Crippen molar-refractivity contribution in [3.63, 3.8) is 0 Å². The van der Waals surface area contributed by atoms with Gasteiger partial charge in [-0.2, -0.15) is 5.10 Å². The fourth-order valence-corrected chi connectivity index (χ4v) is 6.96. The summed E-state index contributed by atoms with van der Waals surface area (Å²) in [5.41, 5.74) is 1.72. The lowest BCUT2D eigenvalue weighted by Gasteiger charge is -2.16. The molecule has 0 aliphatic heterocycles. The second-order valence-electron chi connectivity index (χ2n) is 8.97. The molecule has 0 saturated heterocycles. The molecule has 1 amide bonds. The van der Waals surface area contributed by atoms with Crippen LogP contribution < -0.4 is 10.1 Å². The van der Waals surface area contributed by atoms with Crippen LogP contribution in [-0.2, 0) is 22.0 Å². The predicted octanol–water partition coefficient (Wildman–Crippen LogP) is 5.84. The van der Waals surface area contributed by atoms with Gasteiger partial charge in [-0.05, 0) is 43.9 Å². The van der Waals surface area contributed by atoms with Crippen LogP contribution in [0.25, 0.3) is 9.40 Å². The Morgan fingerprint density at radius 3 is 2.68 bits per heavy atom. The van der Waals surface area contributed by atoms with Gasteiger partial charge < -0.3 is 14.6 Å². The van der Waals surface area contributed by atoms with E-state index < -0.39 is 23.6 Å². The monoisotopic (exact) mass is 535 g/mol. The van der Waals surface area contributed by atoms with Crippen LogP contribution in [0.15, 0.2) is 36.5 Å². The quantitative estimate of drug-likeness (QED) is 0.301. The molecule has 1 aromatic carbocycles. The summed E-state index contributed by atoms with van der Waals surface area (Å²) in [5.74, 6) is 6.49. The fraction of sp³-hybridized carbons (Fsp3) is 0.296. The number of ether oxygens (including phenoxy) is 2. The lowest BCUT2D eigenvalue weighted by atomic mass is 10.0. The third-order valence-corrected chi connectivity index (χ3v) is 9.06. The van der Waals surface area contributed by atoms with Gasteiger partial charge in [0.25, 0.3) is 0 Å². The van der Waals surface area contributed by atoms with E-state index in [1.807, 2.05) is 44.2 Å². The Hall–Kier alpha value is -3.81. The number of aryl methyl sites for hydroxylation is 2. The Labute approximate surface area is 221 Å². The van der Waals surface area contributed by atoms with Gasteiger partial charge in [-0.3, -0.25) is 14.8 Å². The molecule has 0 spiro atoms. The summed E-state index contributed by atoms with van der Waals surface area (Å²) in [6, 6.07) is 9.69. The number of aromatic nitrogens is 2. The SMILES string of the molecule is COc1c(C2(C(=O)O)CC2)sc2sc(C#Cc3cnn(C)c3NC(=O)OC(C)c3ccccc3C)cc12. The molecule has 4 aromatic rings.